The summed E-state index contributed by atoms with van der Waals surface area (Å²) in [5, 5.41) is 2.81. The Labute approximate surface area is 135 Å². The van der Waals surface area contributed by atoms with Crippen LogP contribution >= 0.6 is 0 Å². The van der Waals surface area contributed by atoms with Gasteiger partial charge in [0.05, 0.1) is 6.61 Å². The molecular formula is C15H23N5O3. The molecule has 1 aliphatic rings. The Morgan fingerprint density at radius 3 is 2.57 bits per heavy atom. The van der Waals surface area contributed by atoms with Gasteiger partial charge in [-0.1, -0.05) is 0 Å². The number of carbonyl (C=O) groups is 2. The molecule has 1 fully saturated rings. The van der Waals surface area contributed by atoms with Crippen molar-refractivity contribution < 1.29 is 14.3 Å². The number of aromatic nitrogens is 2. The highest BCUT2D eigenvalue weighted by atomic mass is 16.6. The maximum absolute atomic E-state index is 12.0. The van der Waals surface area contributed by atoms with Gasteiger partial charge >= 0.3 is 6.09 Å². The van der Waals surface area contributed by atoms with Crippen molar-refractivity contribution in [3.63, 3.8) is 0 Å². The summed E-state index contributed by atoms with van der Waals surface area (Å²) in [5.41, 5.74) is 0.344. The van der Waals surface area contributed by atoms with Crippen molar-refractivity contribution in [3.05, 3.63) is 18.1 Å². The van der Waals surface area contributed by atoms with E-state index in [0.717, 1.165) is 0 Å². The lowest BCUT2D eigenvalue weighted by molar-refractivity contribution is 0.0937. The van der Waals surface area contributed by atoms with Gasteiger partial charge in [-0.2, -0.15) is 0 Å². The average Bonchev–Trinajstić information content (AvgIpc) is 2.55. The normalized spacial score (nSPS) is 14.8. The Morgan fingerprint density at radius 2 is 1.96 bits per heavy atom. The molecule has 1 aromatic heterocycles. The van der Waals surface area contributed by atoms with Crippen LogP contribution in [0.1, 0.15) is 31.3 Å². The first-order valence-corrected chi connectivity index (χ1v) is 7.80. The number of carbonyl (C=O) groups excluding carboxylic acids is 2. The zero-order valence-electron chi connectivity index (χ0n) is 13.8. The Kier molecular flexibility index (Phi) is 5.72. The first kappa shape index (κ1) is 17.0. The number of hydrogen-bond acceptors (Lipinski definition) is 6. The predicted molar refractivity (Wildman–Crippen MR) is 85.4 cm³/mol. The highest BCUT2D eigenvalue weighted by Gasteiger charge is 2.23. The number of anilines is 1. The summed E-state index contributed by atoms with van der Waals surface area (Å²) in [5.74, 6) is 0.478. The van der Waals surface area contributed by atoms with Gasteiger partial charge in [-0.3, -0.25) is 4.79 Å². The molecule has 0 bridgehead atoms. The molecule has 8 heteroatoms. The van der Waals surface area contributed by atoms with Crippen LogP contribution in [-0.4, -0.2) is 65.7 Å². The van der Waals surface area contributed by atoms with Crippen molar-refractivity contribution in [1.82, 2.24) is 20.2 Å². The second kappa shape index (κ2) is 7.75. The summed E-state index contributed by atoms with van der Waals surface area (Å²) in [6.45, 7) is 8.37. The van der Waals surface area contributed by atoms with E-state index in [2.05, 4.69) is 15.3 Å². The third-order valence-electron chi connectivity index (χ3n) is 3.43. The van der Waals surface area contributed by atoms with Crippen molar-refractivity contribution in [3.8, 4) is 0 Å². The van der Waals surface area contributed by atoms with Gasteiger partial charge in [-0.25, -0.2) is 14.8 Å². The summed E-state index contributed by atoms with van der Waals surface area (Å²) in [4.78, 5) is 35.7. The molecular weight excluding hydrogens is 298 g/mol. The number of rotatable bonds is 4. The fourth-order valence-corrected chi connectivity index (χ4v) is 2.31. The lowest BCUT2D eigenvalue weighted by atomic mass is 10.3. The molecule has 0 spiro atoms. The number of nitrogens with one attached hydrogen (secondary N) is 1. The van der Waals surface area contributed by atoms with Gasteiger partial charge in [0, 0.05) is 38.3 Å². The van der Waals surface area contributed by atoms with Gasteiger partial charge in [0.25, 0.3) is 5.91 Å². The molecule has 0 unspecified atom stereocenters. The SMILES string of the molecule is CCOC(=O)N1CCN(c2cc(C(=O)NC(C)C)ncn2)CC1. The average molecular weight is 321 g/mol. The third-order valence-corrected chi connectivity index (χ3v) is 3.43. The molecule has 1 N–H and O–H groups in total. The molecule has 126 valence electrons. The van der Waals surface area contributed by atoms with Crippen LogP contribution in [0.5, 0.6) is 0 Å². The highest BCUT2D eigenvalue weighted by Crippen LogP contribution is 2.14. The highest BCUT2D eigenvalue weighted by molar-refractivity contribution is 5.93. The molecule has 0 aliphatic carbocycles. The zero-order chi connectivity index (χ0) is 16.8. The predicted octanol–water partition coefficient (Wildman–Crippen LogP) is 0.893. The van der Waals surface area contributed by atoms with Gasteiger partial charge in [0.15, 0.2) is 0 Å². The Bertz CT molecular complexity index is 556. The first-order chi connectivity index (χ1) is 11.0. The molecule has 0 radical (unpaired) electrons. The Morgan fingerprint density at radius 1 is 1.26 bits per heavy atom. The second-order valence-electron chi connectivity index (χ2n) is 5.56. The van der Waals surface area contributed by atoms with E-state index in [1.54, 1.807) is 17.9 Å². The minimum absolute atomic E-state index is 0.0500. The molecule has 2 amide bonds. The minimum atomic E-state index is -0.285. The van der Waals surface area contributed by atoms with E-state index in [9.17, 15) is 9.59 Å². The molecule has 0 saturated carbocycles. The van der Waals surface area contributed by atoms with E-state index in [0.29, 0.717) is 44.3 Å². The fraction of sp³-hybridized carbons (Fsp3) is 0.600. The third kappa shape index (κ3) is 4.54. The Balaban J connectivity index is 1.98. The maximum Gasteiger partial charge on any atom is 0.409 e. The first-order valence-electron chi connectivity index (χ1n) is 7.80. The van der Waals surface area contributed by atoms with Crippen molar-refractivity contribution in [2.45, 2.75) is 26.8 Å². The monoisotopic (exact) mass is 321 g/mol. The van der Waals surface area contributed by atoms with E-state index in [4.69, 9.17) is 4.74 Å². The molecule has 1 saturated heterocycles. The van der Waals surface area contributed by atoms with Crippen LogP contribution in [0.2, 0.25) is 0 Å². The van der Waals surface area contributed by atoms with Crippen LogP contribution in [0, 0.1) is 0 Å². The van der Waals surface area contributed by atoms with Crippen LogP contribution in [0.4, 0.5) is 10.6 Å². The molecule has 8 nitrogen and oxygen atoms in total. The number of nitrogens with zero attached hydrogens (tertiary/aromatic N) is 4. The zero-order valence-corrected chi connectivity index (χ0v) is 13.8. The standard InChI is InChI=1S/C15H23N5O3/c1-4-23-15(22)20-7-5-19(6-8-20)13-9-12(16-10-17-13)14(21)18-11(2)3/h9-11H,4-8H2,1-3H3,(H,18,21). The van der Waals surface area contributed by atoms with E-state index in [1.807, 2.05) is 18.7 Å². The maximum atomic E-state index is 12.0. The summed E-state index contributed by atoms with van der Waals surface area (Å²) in [6.07, 6.45) is 1.11. The fourth-order valence-electron chi connectivity index (χ4n) is 2.31. The number of ether oxygens (including phenoxy) is 1. The molecule has 1 aromatic rings. The van der Waals surface area contributed by atoms with Crippen LogP contribution in [0.15, 0.2) is 12.4 Å². The van der Waals surface area contributed by atoms with Crippen molar-refractivity contribution in [2.24, 2.45) is 0 Å². The van der Waals surface area contributed by atoms with Gasteiger partial charge < -0.3 is 19.9 Å². The van der Waals surface area contributed by atoms with Gasteiger partial charge in [-0.15, -0.1) is 0 Å². The van der Waals surface area contributed by atoms with Crippen LogP contribution in [0.25, 0.3) is 0 Å². The molecule has 0 aromatic carbocycles. The van der Waals surface area contributed by atoms with E-state index >= 15 is 0 Å². The van der Waals surface area contributed by atoms with Crippen LogP contribution in [0.3, 0.4) is 0 Å². The van der Waals surface area contributed by atoms with E-state index < -0.39 is 0 Å². The van der Waals surface area contributed by atoms with Crippen molar-refractivity contribution in [1.29, 1.82) is 0 Å². The smallest absolute Gasteiger partial charge is 0.409 e. The lowest BCUT2D eigenvalue weighted by Crippen LogP contribution is -2.49. The largest absolute Gasteiger partial charge is 0.450 e. The van der Waals surface area contributed by atoms with E-state index in [-0.39, 0.29) is 18.0 Å². The van der Waals surface area contributed by atoms with E-state index in [1.165, 1.54) is 6.33 Å². The molecule has 23 heavy (non-hydrogen) atoms. The lowest BCUT2D eigenvalue weighted by Gasteiger charge is -2.34. The van der Waals surface area contributed by atoms with Gasteiger partial charge in [0.1, 0.15) is 17.8 Å². The van der Waals surface area contributed by atoms with Gasteiger partial charge in [-0.05, 0) is 20.8 Å². The summed E-state index contributed by atoms with van der Waals surface area (Å²) in [6, 6.07) is 1.73. The summed E-state index contributed by atoms with van der Waals surface area (Å²) < 4.78 is 5.00. The minimum Gasteiger partial charge on any atom is -0.450 e. The van der Waals surface area contributed by atoms with Crippen molar-refractivity contribution >= 4 is 17.8 Å². The Hall–Kier alpha value is -2.38. The van der Waals surface area contributed by atoms with Crippen LogP contribution in [-0.2, 0) is 4.74 Å². The van der Waals surface area contributed by atoms with Crippen molar-refractivity contribution in [2.75, 3.05) is 37.7 Å². The summed E-state index contributed by atoms with van der Waals surface area (Å²) >= 11 is 0. The number of hydrogen-bond donors (Lipinski definition) is 1. The number of amides is 2. The topological polar surface area (TPSA) is 87.7 Å². The second-order valence-corrected chi connectivity index (χ2v) is 5.56. The molecule has 0 atom stereocenters. The van der Waals surface area contributed by atoms with Gasteiger partial charge in [0.2, 0.25) is 0 Å². The molecule has 2 rings (SSSR count). The summed E-state index contributed by atoms with van der Waals surface area (Å²) in [7, 11) is 0. The van der Waals surface area contributed by atoms with Crippen LogP contribution < -0.4 is 10.2 Å². The molecule has 1 aliphatic heterocycles. The molecule has 2 heterocycles. The quantitative estimate of drug-likeness (QED) is 0.886. The number of piperazine rings is 1.